The van der Waals surface area contributed by atoms with Crippen molar-refractivity contribution in [3.63, 3.8) is 0 Å². The summed E-state index contributed by atoms with van der Waals surface area (Å²) in [7, 11) is 0. The Morgan fingerprint density at radius 1 is 0.292 bits per heavy atom. The van der Waals surface area contributed by atoms with Crippen LogP contribution >= 0.6 is 0 Å². The molecule has 0 aliphatic carbocycles. The van der Waals surface area contributed by atoms with Crippen molar-refractivity contribution >= 4 is 17.9 Å². The molecule has 0 aromatic carbocycles. The Hall–Kier alpha value is -2.89. The molecule has 0 aromatic heterocycles. The highest BCUT2D eigenvalue weighted by Crippen LogP contribution is 2.17. The van der Waals surface area contributed by atoms with Gasteiger partial charge >= 0.3 is 17.9 Å². The fraction of sp³-hybridized carbons (Fsp3) is 0.803. The second-order valence-corrected chi connectivity index (χ2v) is 20.9. The highest BCUT2D eigenvalue weighted by Gasteiger charge is 2.19. The van der Waals surface area contributed by atoms with E-state index in [0.717, 1.165) is 96.3 Å². The molecule has 0 spiro atoms. The van der Waals surface area contributed by atoms with Gasteiger partial charge in [0.2, 0.25) is 0 Å². The molecule has 0 aromatic rings. The summed E-state index contributed by atoms with van der Waals surface area (Å²) in [6.45, 7) is 6.55. The first-order valence-corrected chi connectivity index (χ1v) is 31.3. The van der Waals surface area contributed by atoms with Gasteiger partial charge in [-0.25, -0.2) is 0 Å². The van der Waals surface area contributed by atoms with E-state index in [1.54, 1.807) is 0 Å². The third-order valence-electron chi connectivity index (χ3n) is 13.8. The van der Waals surface area contributed by atoms with Crippen molar-refractivity contribution in [3.8, 4) is 0 Å². The van der Waals surface area contributed by atoms with Crippen LogP contribution < -0.4 is 0 Å². The molecular formula is C66H118O6. The second-order valence-electron chi connectivity index (χ2n) is 20.9. The van der Waals surface area contributed by atoms with E-state index in [1.807, 2.05) is 0 Å². The number of unbranched alkanes of at least 4 members (excludes halogenated alkanes) is 36. The molecule has 0 aliphatic rings. The topological polar surface area (TPSA) is 78.9 Å². The van der Waals surface area contributed by atoms with Gasteiger partial charge in [-0.3, -0.25) is 14.4 Å². The standard InChI is InChI=1S/C66H118O6/c1-4-7-10-13-16-19-22-25-28-31-33-36-38-41-44-47-50-53-56-59-65(68)71-62-63(61-70-64(67)58-55-52-49-46-43-40-37-34-30-27-24-21-18-15-12-9-6-3)72-66(69)60-57-54-51-48-45-42-39-35-32-29-26-23-20-17-14-11-8-5-2/h9,12,18,21,25,27-28,30,37,40,63H,4-8,10-11,13-17,19-20,22-24,26,29,31-36,38-39,41-62H2,1-3H3/b12-9-,21-18-,28-25-,30-27-,40-37-. The molecule has 1 atom stereocenters. The average molecular weight is 1010 g/mol. The molecule has 0 saturated carbocycles. The van der Waals surface area contributed by atoms with E-state index in [4.69, 9.17) is 14.2 Å². The van der Waals surface area contributed by atoms with Crippen molar-refractivity contribution in [2.24, 2.45) is 0 Å². The minimum absolute atomic E-state index is 0.0802. The Morgan fingerprint density at radius 2 is 0.542 bits per heavy atom. The lowest BCUT2D eigenvalue weighted by molar-refractivity contribution is -0.167. The molecule has 0 fully saturated rings. The number of rotatable bonds is 57. The Kier molecular flexibility index (Phi) is 58.2. The smallest absolute Gasteiger partial charge is 0.306 e. The minimum atomic E-state index is -0.784. The predicted octanol–water partition coefficient (Wildman–Crippen LogP) is 21.2. The third-order valence-corrected chi connectivity index (χ3v) is 13.8. The summed E-state index contributed by atoms with van der Waals surface area (Å²) in [5.74, 6) is -0.888. The molecule has 0 radical (unpaired) electrons. The van der Waals surface area contributed by atoms with Crippen molar-refractivity contribution in [2.75, 3.05) is 13.2 Å². The first-order valence-electron chi connectivity index (χ1n) is 31.3. The van der Waals surface area contributed by atoms with Crippen LogP contribution in [-0.2, 0) is 28.6 Å². The summed E-state index contributed by atoms with van der Waals surface area (Å²) in [6, 6.07) is 0. The van der Waals surface area contributed by atoms with E-state index in [9.17, 15) is 14.4 Å². The molecule has 0 N–H and O–H groups in total. The lowest BCUT2D eigenvalue weighted by Gasteiger charge is -2.18. The lowest BCUT2D eigenvalue weighted by Crippen LogP contribution is -2.30. The highest BCUT2D eigenvalue weighted by atomic mass is 16.6. The molecule has 72 heavy (non-hydrogen) atoms. The number of ether oxygens (including phenoxy) is 3. The third kappa shape index (κ3) is 58.0. The fourth-order valence-corrected chi connectivity index (χ4v) is 9.08. The van der Waals surface area contributed by atoms with E-state index in [-0.39, 0.29) is 31.1 Å². The van der Waals surface area contributed by atoms with Crippen LogP contribution in [0.4, 0.5) is 0 Å². The summed E-state index contributed by atoms with van der Waals surface area (Å²) in [6.07, 6.45) is 76.5. The Balaban J connectivity index is 4.38. The van der Waals surface area contributed by atoms with Crippen molar-refractivity contribution in [1.82, 2.24) is 0 Å². The maximum absolute atomic E-state index is 12.9. The van der Waals surface area contributed by atoms with Gasteiger partial charge in [0, 0.05) is 19.3 Å². The zero-order valence-electron chi connectivity index (χ0n) is 47.9. The van der Waals surface area contributed by atoms with Gasteiger partial charge in [-0.2, -0.15) is 0 Å². The molecule has 0 saturated heterocycles. The number of esters is 3. The molecule has 0 aliphatic heterocycles. The zero-order chi connectivity index (χ0) is 52.2. The first kappa shape index (κ1) is 69.1. The van der Waals surface area contributed by atoms with Crippen LogP contribution in [0.3, 0.4) is 0 Å². The number of allylic oxidation sites excluding steroid dienone is 10. The van der Waals surface area contributed by atoms with Crippen molar-refractivity contribution in [2.45, 2.75) is 329 Å². The van der Waals surface area contributed by atoms with Crippen LogP contribution in [0.2, 0.25) is 0 Å². The van der Waals surface area contributed by atoms with Crippen LogP contribution in [0.1, 0.15) is 323 Å². The summed E-state index contributed by atoms with van der Waals surface area (Å²) < 4.78 is 16.9. The molecule has 6 heteroatoms. The predicted molar refractivity (Wildman–Crippen MR) is 312 cm³/mol. The van der Waals surface area contributed by atoms with Gasteiger partial charge in [-0.1, -0.05) is 281 Å². The number of carbonyl (C=O) groups is 3. The molecule has 0 bridgehead atoms. The SMILES string of the molecule is CC/C=C\C/C=C\C/C=C\C/C=C\CCCCCCC(=O)OCC(COC(=O)CCCCCCCCCCC/C=C\CCCCCCCC)OC(=O)CCCCCCCCCCCCCCCCCCCC. The monoisotopic (exact) mass is 1010 g/mol. The number of carbonyl (C=O) groups excluding carboxylic acids is 3. The Bertz CT molecular complexity index is 1290. The van der Waals surface area contributed by atoms with Crippen molar-refractivity contribution < 1.29 is 28.6 Å². The number of hydrogen-bond donors (Lipinski definition) is 0. The normalized spacial score (nSPS) is 12.4. The number of hydrogen-bond acceptors (Lipinski definition) is 6. The Morgan fingerprint density at radius 3 is 0.861 bits per heavy atom. The highest BCUT2D eigenvalue weighted by molar-refractivity contribution is 5.71. The average Bonchev–Trinajstić information content (AvgIpc) is 3.38. The molecule has 6 nitrogen and oxygen atoms in total. The maximum Gasteiger partial charge on any atom is 0.306 e. The van der Waals surface area contributed by atoms with E-state index in [1.165, 1.54) is 186 Å². The molecule has 0 rings (SSSR count). The van der Waals surface area contributed by atoms with Crippen LogP contribution in [0.15, 0.2) is 60.8 Å². The van der Waals surface area contributed by atoms with Crippen molar-refractivity contribution in [1.29, 1.82) is 0 Å². The second kappa shape index (κ2) is 60.7. The molecular weight excluding hydrogens is 889 g/mol. The van der Waals surface area contributed by atoms with Gasteiger partial charge in [0.15, 0.2) is 6.10 Å². The van der Waals surface area contributed by atoms with Gasteiger partial charge in [0.1, 0.15) is 13.2 Å². The summed E-state index contributed by atoms with van der Waals surface area (Å²) >= 11 is 0. The first-order chi connectivity index (χ1) is 35.5. The molecule has 418 valence electrons. The van der Waals surface area contributed by atoms with Crippen LogP contribution in [0.5, 0.6) is 0 Å². The van der Waals surface area contributed by atoms with Gasteiger partial charge in [-0.15, -0.1) is 0 Å². The van der Waals surface area contributed by atoms with Crippen LogP contribution in [0.25, 0.3) is 0 Å². The van der Waals surface area contributed by atoms with Gasteiger partial charge in [0.25, 0.3) is 0 Å². The molecule has 0 amide bonds. The lowest BCUT2D eigenvalue weighted by atomic mass is 10.0. The maximum atomic E-state index is 12.9. The van der Waals surface area contributed by atoms with E-state index >= 15 is 0 Å². The van der Waals surface area contributed by atoms with E-state index in [2.05, 4.69) is 81.5 Å². The fourth-order valence-electron chi connectivity index (χ4n) is 9.08. The van der Waals surface area contributed by atoms with Gasteiger partial charge < -0.3 is 14.2 Å². The largest absolute Gasteiger partial charge is 0.462 e. The van der Waals surface area contributed by atoms with Crippen LogP contribution in [-0.4, -0.2) is 37.2 Å². The summed E-state index contributed by atoms with van der Waals surface area (Å²) in [5.41, 5.74) is 0. The van der Waals surface area contributed by atoms with E-state index < -0.39 is 6.10 Å². The summed E-state index contributed by atoms with van der Waals surface area (Å²) in [5, 5.41) is 0. The minimum Gasteiger partial charge on any atom is -0.462 e. The van der Waals surface area contributed by atoms with Crippen LogP contribution in [0, 0.1) is 0 Å². The molecule has 1 unspecified atom stereocenters. The van der Waals surface area contributed by atoms with E-state index in [0.29, 0.717) is 19.3 Å². The van der Waals surface area contributed by atoms with Gasteiger partial charge in [0.05, 0.1) is 0 Å². The van der Waals surface area contributed by atoms with Gasteiger partial charge in [-0.05, 0) is 83.5 Å². The quantitative estimate of drug-likeness (QED) is 0.0261. The van der Waals surface area contributed by atoms with Crippen molar-refractivity contribution in [3.05, 3.63) is 60.8 Å². The summed E-state index contributed by atoms with van der Waals surface area (Å²) in [4.78, 5) is 38.3. The Labute approximate surface area is 447 Å². The zero-order valence-corrected chi connectivity index (χ0v) is 47.9. The molecule has 0 heterocycles.